The molecule has 1 aliphatic carbocycles. The van der Waals surface area contributed by atoms with Gasteiger partial charge in [0, 0.05) is 18.9 Å². The molecule has 0 spiro atoms. The van der Waals surface area contributed by atoms with Crippen LogP contribution in [0, 0.1) is 0 Å². The summed E-state index contributed by atoms with van der Waals surface area (Å²) in [6.07, 6.45) is 8.43. The van der Waals surface area contributed by atoms with Gasteiger partial charge < -0.3 is 10.6 Å². The molecule has 4 heteroatoms. The molecule has 2 heterocycles. The first-order chi connectivity index (χ1) is 8.71. The van der Waals surface area contributed by atoms with Crippen molar-refractivity contribution in [3.8, 4) is 0 Å². The SMILES string of the molecule is NC1(C(=O)N2CCCC2c2ccncc2)CCC1. The summed E-state index contributed by atoms with van der Waals surface area (Å²) in [4.78, 5) is 18.5. The van der Waals surface area contributed by atoms with Gasteiger partial charge in [0.25, 0.3) is 0 Å². The Morgan fingerprint density at radius 2 is 2.06 bits per heavy atom. The molecule has 1 atom stereocenters. The molecule has 96 valence electrons. The molecule has 1 saturated heterocycles. The fourth-order valence-corrected chi connectivity index (χ4v) is 3.00. The Morgan fingerprint density at radius 3 is 2.67 bits per heavy atom. The number of likely N-dealkylation sites (tertiary alicyclic amines) is 1. The maximum absolute atomic E-state index is 12.5. The van der Waals surface area contributed by atoms with Gasteiger partial charge in [-0.2, -0.15) is 0 Å². The van der Waals surface area contributed by atoms with Gasteiger partial charge in [-0.25, -0.2) is 0 Å². The number of nitrogens with two attached hydrogens (primary N) is 1. The van der Waals surface area contributed by atoms with Crippen molar-refractivity contribution in [2.24, 2.45) is 5.73 Å². The highest BCUT2D eigenvalue weighted by molar-refractivity contribution is 5.87. The zero-order valence-corrected chi connectivity index (χ0v) is 10.5. The van der Waals surface area contributed by atoms with E-state index in [1.807, 2.05) is 17.0 Å². The Kier molecular flexibility index (Phi) is 2.82. The number of pyridine rings is 1. The number of aromatic nitrogens is 1. The number of carbonyl (C=O) groups excluding carboxylic acids is 1. The summed E-state index contributed by atoms with van der Waals surface area (Å²) in [7, 11) is 0. The summed E-state index contributed by atoms with van der Waals surface area (Å²) >= 11 is 0. The maximum atomic E-state index is 12.5. The van der Waals surface area contributed by atoms with E-state index in [-0.39, 0.29) is 11.9 Å². The van der Waals surface area contributed by atoms with E-state index >= 15 is 0 Å². The van der Waals surface area contributed by atoms with E-state index in [2.05, 4.69) is 4.98 Å². The van der Waals surface area contributed by atoms with Crippen LogP contribution in [0.15, 0.2) is 24.5 Å². The van der Waals surface area contributed by atoms with Gasteiger partial charge in [-0.15, -0.1) is 0 Å². The van der Waals surface area contributed by atoms with Crippen LogP contribution in [0.25, 0.3) is 0 Å². The predicted molar refractivity (Wildman–Crippen MR) is 68.7 cm³/mol. The van der Waals surface area contributed by atoms with Gasteiger partial charge >= 0.3 is 0 Å². The third-order valence-corrected chi connectivity index (χ3v) is 4.28. The van der Waals surface area contributed by atoms with Gasteiger partial charge in [0.05, 0.1) is 11.6 Å². The lowest BCUT2D eigenvalue weighted by atomic mass is 9.76. The topological polar surface area (TPSA) is 59.2 Å². The van der Waals surface area contributed by atoms with Crippen molar-refractivity contribution in [3.63, 3.8) is 0 Å². The standard InChI is InChI=1S/C14H19N3O/c15-14(6-2-7-14)13(18)17-10-1-3-12(17)11-4-8-16-9-5-11/h4-5,8-9,12H,1-3,6-7,10,15H2. The minimum atomic E-state index is -0.574. The van der Waals surface area contributed by atoms with Crippen LogP contribution in [0.3, 0.4) is 0 Å². The van der Waals surface area contributed by atoms with Crippen molar-refractivity contribution < 1.29 is 4.79 Å². The van der Waals surface area contributed by atoms with E-state index in [4.69, 9.17) is 5.73 Å². The van der Waals surface area contributed by atoms with Crippen molar-refractivity contribution in [1.82, 2.24) is 9.88 Å². The molecule has 18 heavy (non-hydrogen) atoms. The summed E-state index contributed by atoms with van der Waals surface area (Å²) in [5, 5.41) is 0. The third kappa shape index (κ3) is 1.81. The lowest BCUT2D eigenvalue weighted by molar-refractivity contribution is -0.141. The van der Waals surface area contributed by atoms with E-state index in [1.165, 1.54) is 5.56 Å². The number of rotatable bonds is 2. The van der Waals surface area contributed by atoms with Crippen molar-refractivity contribution >= 4 is 5.91 Å². The van der Waals surface area contributed by atoms with Crippen molar-refractivity contribution in [2.75, 3.05) is 6.54 Å². The molecule has 1 unspecified atom stereocenters. The Hall–Kier alpha value is -1.42. The van der Waals surface area contributed by atoms with Crippen LogP contribution in [0.4, 0.5) is 0 Å². The molecule has 4 nitrogen and oxygen atoms in total. The lowest BCUT2D eigenvalue weighted by Crippen LogP contribution is -2.59. The number of nitrogens with zero attached hydrogens (tertiary/aromatic N) is 2. The van der Waals surface area contributed by atoms with Crippen molar-refractivity contribution in [2.45, 2.75) is 43.7 Å². The van der Waals surface area contributed by atoms with Gasteiger partial charge in [0.15, 0.2) is 0 Å². The Morgan fingerprint density at radius 1 is 1.33 bits per heavy atom. The highest BCUT2D eigenvalue weighted by Gasteiger charge is 2.45. The second-order valence-electron chi connectivity index (χ2n) is 5.45. The molecule has 2 fully saturated rings. The molecule has 3 rings (SSSR count). The van der Waals surface area contributed by atoms with E-state index < -0.39 is 5.54 Å². The maximum Gasteiger partial charge on any atom is 0.243 e. The molecular formula is C14H19N3O. The quantitative estimate of drug-likeness (QED) is 0.861. The first-order valence-electron chi connectivity index (χ1n) is 6.71. The molecule has 2 N–H and O–H groups in total. The average Bonchev–Trinajstić information content (AvgIpc) is 2.85. The number of hydrogen-bond acceptors (Lipinski definition) is 3. The largest absolute Gasteiger partial charge is 0.334 e. The highest BCUT2D eigenvalue weighted by Crippen LogP contribution is 2.38. The smallest absolute Gasteiger partial charge is 0.243 e. The van der Waals surface area contributed by atoms with Gasteiger partial charge in [0.2, 0.25) is 5.91 Å². The average molecular weight is 245 g/mol. The number of hydrogen-bond donors (Lipinski definition) is 1. The fraction of sp³-hybridized carbons (Fsp3) is 0.571. The zero-order chi connectivity index (χ0) is 12.6. The molecule has 0 aromatic carbocycles. The van der Waals surface area contributed by atoms with E-state index in [9.17, 15) is 4.79 Å². The lowest BCUT2D eigenvalue weighted by Gasteiger charge is -2.41. The molecule has 1 aromatic rings. The van der Waals surface area contributed by atoms with Crippen molar-refractivity contribution in [1.29, 1.82) is 0 Å². The van der Waals surface area contributed by atoms with Crippen LogP contribution in [-0.2, 0) is 4.79 Å². The summed E-state index contributed by atoms with van der Waals surface area (Å²) < 4.78 is 0. The second-order valence-corrected chi connectivity index (χ2v) is 5.45. The van der Waals surface area contributed by atoms with Crippen LogP contribution in [0.5, 0.6) is 0 Å². The van der Waals surface area contributed by atoms with Gasteiger partial charge in [-0.05, 0) is 49.8 Å². The predicted octanol–water partition coefficient (Wildman–Crippen LogP) is 1.63. The first-order valence-corrected chi connectivity index (χ1v) is 6.71. The summed E-state index contributed by atoms with van der Waals surface area (Å²) in [6, 6.07) is 4.20. The molecular weight excluding hydrogens is 226 g/mol. The molecule has 1 aliphatic heterocycles. The molecule has 1 saturated carbocycles. The molecule has 1 amide bonds. The van der Waals surface area contributed by atoms with E-state index in [0.29, 0.717) is 0 Å². The third-order valence-electron chi connectivity index (χ3n) is 4.28. The van der Waals surface area contributed by atoms with Crippen LogP contribution < -0.4 is 5.73 Å². The monoisotopic (exact) mass is 245 g/mol. The molecule has 1 aromatic heterocycles. The van der Waals surface area contributed by atoms with Crippen LogP contribution in [0.1, 0.15) is 43.7 Å². The van der Waals surface area contributed by atoms with Crippen LogP contribution >= 0.6 is 0 Å². The fourth-order valence-electron chi connectivity index (χ4n) is 3.00. The Balaban J connectivity index is 1.81. The van der Waals surface area contributed by atoms with Crippen molar-refractivity contribution in [3.05, 3.63) is 30.1 Å². The second kappa shape index (κ2) is 4.35. The van der Waals surface area contributed by atoms with Gasteiger partial charge in [-0.1, -0.05) is 0 Å². The first kappa shape index (κ1) is 11.7. The van der Waals surface area contributed by atoms with E-state index in [0.717, 1.165) is 38.6 Å². The minimum absolute atomic E-state index is 0.146. The summed E-state index contributed by atoms with van der Waals surface area (Å²) in [5.74, 6) is 0.146. The molecule has 0 radical (unpaired) electrons. The number of carbonyl (C=O) groups is 1. The Labute approximate surface area is 107 Å². The zero-order valence-electron chi connectivity index (χ0n) is 10.5. The normalized spacial score (nSPS) is 25.8. The molecule has 2 aliphatic rings. The summed E-state index contributed by atoms with van der Waals surface area (Å²) in [6.45, 7) is 0.838. The van der Waals surface area contributed by atoms with Gasteiger partial charge in [-0.3, -0.25) is 9.78 Å². The van der Waals surface area contributed by atoms with Crippen LogP contribution in [0.2, 0.25) is 0 Å². The number of amides is 1. The minimum Gasteiger partial charge on any atom is -0.334 e. The van der Waals surface area contributed by atoms with E-state index in [1.54, 1.807) is 12.4 Å². The molecule has 0 bridgehead atoms. The Bertz CT molecular complexity index is 442. The summed E-state index contributed by atoms with van der Waals surface area (Å²) in [5.41, 5.74) is 6.77. The highest BCUT2D eigenvalue weighted by atomic mass is 16.2. The van der Waals surface area contributed by atoms with Crippen LogP contribution in [-0.4, -0.2) is 27.9 Å². The van der Waals surface area contributed by atoms with Gasteiger partial charge in [0.1, 0.15) is 0 Å².